The molecule has 1 N–H and O–H groups in total. The molecule has 2 heterocycles. The largest absolute Gasteiger partial charge is 0.381 e. The SMILES string of the molecule is CCOC1CCCN(CC2(CNC(C)C)CCOC2)C1. The molecule has 2 unspecified atom stereocenters. The van der Waals surface area contributed by atoms with Gasteiger partial charge in [-0.25, -0.2) is 0 Å². The van der Waals surface area contributed by atoms with Crippen LogP contribution in [0.2, 0.25) is 0 Å². The van der Waals surface area contributed by atoms with Crippen molar-refractivity contribution in [3.8, 4) is 0 Å². The standard InChI is InChI=1S/C16H32N2O2/c1-4-20-15-6-5-8-18(10-15)12-16(7-9-19-13-16)11-17-14(2)3/h14-15,17H,4-13H2,1-3H3. The lowest BCUT2D eigenvalue weighted by atomic mass is 9.85. The van der Waals surface area contributed by atoms with Gasteiger partial charge in [0.05, 0.1) is 12.7 Å². The van der Waals surface area contributed by atoms with E-state index in [1.54, 1.807) is 0 Å². The Balaban J connectivity index is 1.87. The minimum atomic E-state index is 0.304. The molecule has 0 amide bonds. The lowest BCUT2D eigenvalue weighted by Gasteiger charge is -2.39. The summed E-state index contributed by atoms with van der Waals surface area (Å²) in [5.74, 6) is 0. The summed E-state index contributed by atoms with van der Waals surface area (Å²) >= 11 is 0. The summed E-state index contributed by atoms with van der Waals surface area (Å²) in [6, 6.07) is 0.546. The highest BCUT2D eigenvalue weighted by Gasteiger charge is 2.37. The Bertz CT molecular complexity index is 276. The summed E-state index contributed by atoms with van der Waals surface area (Å²) in [6.45, 7) is 13.7. The molecule has 0 aromatic heterocycles. The van der Waals surface area contributed by atoms with E-state index in [0.717, 1.165) is 39.5 Å². The summed E-state index contributed by atoms with van der Waals surface area (Å²) < 4.78 is 11.5. The van der Waals surface area contributed by atoms with E-state index in [-0.39, 0.29) is 0 Å². The third-order valence-corrected chi connectivity index (χ3v) is 4.49. The normalized spacial score (nSPS) is 32.1. The van der Waals surface area contributed by atoms with Crippen molar-refractivity contribution in [2.24, 2.45) is 5.41 Å². The lowest BCUT2D eigenvalue weighted by Crippen LogP contribution is -2.50. The summed E-state index contributed by atoms with van der Waals surface area (Å²) in [6.07, 6.45) is 4.10. The molecule has 118 valence electrons. The fourth-order valence-corrected chi connectivity index (χ4v) is 3.39. The van der Waals surface area contributed by atoms with Crippen LogP contribution in [0.4, 0.5) is 0 Å². The fraction of sp³-hybridized carbons (Fsp3) is 1.00. The van der Waals surface area contributed by atoms with Crippen LogP contribution in [-0.4, -0.2) is 63.0 Å². The first-order chi connectivity index (χ1) is 9.63. The minimum absolute atomic E-state index is 0.304. The first kappa shape index (κ1) is 16.2. The Kier molecular flexibility index (Phi) is 6.27. The molecule has 0 bridgehead atoms. The Morgan fingerprint density at radius 3 is 2.95 bits per heavy atom. The van der Waals surface area contributed by atoms with Crippen molar-refractivity contribution in [1.82, 2.24) is 10.2 Å². The quantitative estimate of drug-likeness (QED) is 0.774. The van der Waals surface area contributed by atoms with Gasteiger partial charge in [-0.1, -0.05) is 13.8 Å². The maximum absolute atomic E-state index is 5.82. The average Bonchev–Trinajstić information content (AvgIpc) is 2.86. The van der Waals surface area contributed by atoms with Gasteiger partial charge in [-0.2, -0.15) is 0 Å². The molecule has 0 saturated carbocycles. The van der Waals surface area contributed by atoms with Crippen LogP contribution in [0.25, 0.3) is 0 Å². The Morgan fingerprint density at radius 2 is 2.30 bits per heavy atom. The topological polar surface area (TPSA) is 33.7 Å². The zero-order chi connectivity index (χ0) is 14.4. The van der Waals surface area contributed by atoms with Crippen molar-refractivity contribution >= 4 is 0 Å². The highest BCUT2D eigenvalue weighted by atomic mass is 16.5. The monoisotopic (exact) mass is 284 g/mol. The molecule has 2 rings (SSSR count). The molecule has 0 aliphatic carbocycles. The number of hydrogen-bond acceptors (Lipinski definition) is 4. The molecule has 0 radical (unpaired) electrons. The van der Waals surface area contributed by atoms with E-state index in [1.807, 2.05) is 0 Å². The molecule has 2 saturated heterocycles. The van der Waals surface area contributed by atoms with Crippen molar-refractivity contribution < 1.29 is 9.47 Å². The van der Waals surface area contributed by atoms with Crippen molar-refractivity contribution in [3.05, 3.63) is 0 Å². The molecule has 20 heavy (non-hydrogen) atoms. The van der Waals surface area contributed by atoms with Crippen LogP contribution in [0.15, 0.2) is 0 Å². The Labute approximate surface area is 124 Å². The highest BCUT2D eigenvalue weighted by molar-refractivity contribution is 4.90. The number of nitrogens with one attached hydrogen (secondary N) is 1. The van der Waals surface area contributed by atoms with Gasteiger partial charge in [-0.3, -0.25) is 0 Å². The molecule has 2 fully saturated rings. The molecule has 2 aliphatic rings. The summed E-state index contributed by atoms with van der Waals surface area (Å²) in [5, 5.41) is 3.62. The van der Waals surface area contributed by atoms with E-state index in [1.165, 1.54) is 25.8 Å². The second kappa shape index (κ2) is 7.74. The van der Waals surface area contributed by atoms with Gasteiger partial charge in [0.1, 0.15) is 0 Å². The van der Waals surface area contributed by atoms with E-state index in [9.17, 15) is 0 Å². The first-order valence-electron chi connectivity index (χ1n) is 8.29. The summed E-state index contributed by atoms with van der Waals surface area (Å²) in [4.78, 5) is 2.60. The van der Waals surface area contributed by atoms with Crippen molar-refractivity contribution in [1.29, 1.82) is 0 Å². The van der Waals surface area contributed by atoms with Gasteiger partial charge >= 0.3 is 0 Å². The van der Waals surface area contributed by atoms with Crippen LogP contribution >= 0.6 is 0 Å². The lowest BCUT2D eigenvalue weighted by molar-refractivity contribution is -0.00835. The summed E-state index contributed by atoms with van der Waals surface area (Å²) in [7, 11) is 0. The predicted octanol–water partition coefficient (Wildman–Crippen LogP) is 1.89. The maximum atomic E-state index is 5.82. The van der Waals surface area contributed by atoms with Crippen molar-refractivity contribution in [3.63, 3.8) is 0 Å². The molecule has 0 spiro atoms. The third kappa shape index (κ3) is 4.69. The highest BCUT2D eigenvalue weighted by Crippen LogP contribution is 2.30. The molecular weight excluding hydrogens is 252 g/mol. The number of ether oxygens (including phenoxy) is 2. The first-order valence-corrected chi connectivity index (χ1v) is 8.29. The van der Waals surface area contributed by atoms with Gasteiger partial charge < -0.3 is 19.7 Å². The van der Waals surface area contributed by atoms with Gasteiger partial charge in [-0.05, 0) is 32.7 Å². The van der Waals surface area contributed by atoms with E-state index >= 15 is 0 Å². The van der Waals surface area contributed by atoms with Gasteiger partial charge in [0, 0.05) is 44.3 Å². The molecule has 2 aliphatic heterocycles. The molecule has 0 aromatic carbocycles. The predicted molar refractivity (Wildman–Crippen MR) is 82.1 cm³/mol. The number of likely N-dealkylation sites (tertiary alicyclic amines) is 1. The smallest absolute Gasteiger partial charge is 0.0702 e. The molecule has 4 heteroatoms. The third-order valence-electron chi connectivity index (χ3n) is 4.49. The van der Waals surface area contributed by atoms with Gasteiger partial charge in [-0.15, -0.1) is 0 Å². The van der Waals surface area contributed by atoms with Crippen molar-refractivity contribution in [2.75, 3.05) is 46.0 Å². The zero-order valence-electron chi connectivity index (χ0n) is 13.5. The van der Waals surface area contributed by atoms with Crippen LogP contribution in [0.1, 0.15) is 40.0 Å². The fourth-order valence-electron chi connectivity index (χ4n) is 3.39. The van der Waals surface area contributed by atoms with Gasteiger partial charge in [0.15, 0.2) is 0 Å². The van der Waals surface area contributed by atoms with Crippen LogP contribution in [0, 0.1) is 5.41 Å². The number of hydrogen-bond donors (Lipinski definition) is 1. The van der Waals surface area contributed by atoms with Crippen molar-refractivity contribution in [2.45, 2.75) is 52.2 Å². The number of rotatable bonds is 7. The van der Waals surface area contributed by atoms with Crippen LogP contribution in [0.3, 0.4) is 0 Å². The maximum Gasteiger partial charge on any atom is 0.0702 e. The second-order valence-electron chi connectivity index (χ2n) is 6.79. The van der Waals surface area contributed by atoms with E-state index in [2.05, 4.69) is 31.0 Å². The van der Waals surface area contributed by atoms with E-state index < -0.39 is 0 Å². The Morgan fingerprint density at radius 1 is 1.45 bits per heavy atom. The second-order valence-corrected chi connectivity index (χ2v) is 6.79. The molecule has 4 nitrogen and oxygen atoms in total. The average molecular weight is 284 g/mol. The minimum Gasteiger partial charge on any atom is -0.381 e. The van der Waals surface area contributed by atoms with Crippen LogP contribution in [0.5, 0.6) is 0 Å². The van der Waals surface area contributed by atoms with Crippen LogP contribution < -0.4 is 5.32 Å². The number of piperidine rings is 1. The van der Waals surface area contributed by atoms with E-state index in [0.29, 0.717) is 17.6 Å². The molecule has 0 aromatic rings. The van der Waals surface area contributed by atoms with Gasteiger partial charge in [0.25, 0.3) is 0 Å². The van der Waals surface area contributed by atoms with Crippen LogP contribution in [-0.2, 0) is 9.47 Å². The van der Waals surface area contributed by atoms with E-state index in [4.69, 9.17) is 9.47 Å². The molecule has 2 atom stereocenters. The molecular formula is C16H32N2O2. The van der Waals surface area contributed by atoms with Gasteiger partial charge in [0.2, 0.25) is 0 Å². The number of nitrogens with zero attached hydrogens (tertiary/aromatic N) is 1. The zero-order valence-corrected chi connectivity index (χ0v) is 13.5. The summed E-state index contributed by atoms with van der Waals surface area (Å²) in [5.41, 5.74) is 0.304. The Hall–Kier alpha value is -0.160.